The second-order valence-corrected chi connectivity index (χ2v) is 19.0. The van der Waals surface area contributed by atoms with E-state index in [1.54, 1.807) is 12.1 Å². The summed E-state index contributed by atoms with van der Waals surface area (Å²) in [5.74, 6) is 1.76. The first-order valence-corrected chi connectivity index (χ1v) is 25.0. The second-order valence-electron chi connectivity index (χ2n) is 16.3. The summed E-state index contributed by atoms with van der Waals surface area (Å²) in [6.45, 7) is 0. The summed E-state index contributed by atoms with van der Waals surface area (Å²) in [6, 6.07) is 57.5. The topological polar surface area (TPSA) is 238 Å². The molecule has 0 aliphatic carbocycles. The predicted molar refractivity (Wildman–Crippen MR) is 282 cm³/mol. The van der Waals surface area contributed by atoms with E-state index in [1.807, 2.05) is 146 Å². The molecule has 356 valence electrons. The fourth-order valence-electron chi connectivity index (χ4n) is 7.80. The Bertz CT molecular complexity index is 3660. The van der Waals surface area contributed by atoms with E-state index in [0.29, 0.717) is 11.6 Å². The van der Waals surface area contributed by atoms with Gasteiger partial charge in [-0.2, -0.15) is 19.9 Å². The minimum atomic E-state index is -5.12. The summed E-state index contributed by atoms with van der Waals surface area (Å²) in [7, 11) is -10.2. The van der Waals surface area contributed by atoms with Gasteiger partial charge in [-0.15, -0.1) is 0 Å². The number of para-hydroxylation sites is 2. The Balaban J connectivity index is 0.00000364. The van der Waals surface area contributed by atoms with Crippen molar-refractivity contribution in [3.05, 3.63) is 205 Å². The van der Waals surface area contributed by atoms with Gasteiger partial charge in [0.15, 0.2) is 0 Å². The van der Waals surface area contributed by atoms with Gasteiger partial charge in [0.1, 0.15) is 43.5 Å². The van der Waals surface area contributed by atoms with Crippen molar-refractivity contribution in [2.24, 2.45) is 0 Å². The Hall–Kier alpha value is -7.20. The van der Waals surface area contributed by atoms with E-state index in [2.05, 4.69) is 51.8 Å². The molecule has 8 aromatic carbocycles. The Morgan fingerprint density at radius 3 is 1.00 bits per heavy atom. The van der Waals surface area contributed by atoms with Crippen molar-refractivity contribution in [2.75, 3.05) is 31.9 Å². The van der Waals surface area contributed by atoms with Crippen LogP contribution in [0.1, 0.15) is 11.1 Å². The van der Waals surface area contributed by atoms with Crippen molar-refractivity contribution >= 4 is 123 Å². The average Bonchev–Trinajstić information content (AvgIpc) is 3.36. The molecule has 2 heterocycles. The number of anilines is 12. The number of fused-ring (bicyclic) bond motifs is 2. The molecule has 10 aromatic rings. The van der Waals surface area contributed by atoms with Crippen molar-refractivity contribution in [3.8, 4) is 0 Å². The van der Waals surface area contributed by atoms with E-state index in [-0.39, 0.29) is 105 Å². The Kier molecular flexibility index (Phi) is 16.7. The number of aromatic nitrogens is 4. The van der Waals surface area contributed by atoms with Crippen LogP contribution < -0.4 is 91.0 Å². The van der Waals surface area contributed by atoms with E-state index in [0.717, 1.165) is 56.4 Å². The van der Waals surface area contributed by atoms with E-state index in [4.69, 9.17) is 0 Å². The van der Waals surface area contributed by atoms with Gasteiger partial charge < -0.3 is 41.0 Å². The zero-order chi connectivity index (χ0) is 49.7. The Morgan fingerprint density at radius 1 is 0.324 bits per heavy atom. The molecular formula is C54H40N10Na2O6S2. The SMILES string of the molecule is O=S(=O)([O-])c1cc(Nc2cc(Nc3ccccc3)nc(Nc3ccc4ccccc4c3)n2)ccc1C=Cc1ccc(Nc2cc(Nc3ccccc3)nc(Nc3ccc4ccccc4c3)n2)cc1S(=O)(=O)[O-].[Na+].[Na+]. The molecule has 0 fully saturated rings. The maximum atomic E-state index is 12.8. The van der Waals surface area contributed by atoms with Crippen molar-refractivity contribution in [3.63, 3.8) is 0 Å². The molecule has 0 unspecified atom stereocenters. The van der Waals surface area contributed by atoms with E-state index < -0.39 is 30.0 Å². The molecule has 0 amide bonds. The molecule has 0 radical (unpaired) electrons. The molecule has 0 saturated heterocycles. The van der Waals surface area contributed by atoms with E-state index >= 15 is 0 Å². The van der Waals surface area contributed by atoms with Gasteiger partial charge in [-0.05, 0) is 105 Å². The molecule has 74 heavy (non-hydrogen) atoms. The van der Waals surface area contributed by atoms with Crippen LogP contribution in [0.3, 0.4) is 0 Å². The molecule has 16 nitrogen and oxygen atoms in total. The number of hydrogen-bond acceptors (Lipinski definition) is 16. The molecular weight excluding hydrogens is 995 g/mol. The van der Waals surface area contributed by atoms with E-state index in [1.165, 1.54) is 36.4 Å². The minimum Gasteiger partial charge on any atom is -0.744 e. The number of hydrogen-bond donors (Lipinski definition) is 6. The van der Waals surface area contributed by atoms with Crippen LogP contribution in [0.4, 0.5) is 69.3 Å². The predicted octanol–water partition coefficient (Wildman–Crippen LogP) is 6.02. The monoisotopic (exact) mass is 1030 g/mol. The molecule has 0 saturated carbocycles. The van der Waals surface area contributed by atoms with Gasteiger partial charge in [0.05, 0.1) is 9.79 Å². The Morgan fingerprint density at radius 2 is 0.635 bits per heavy atom. The normalized spacial score (nSPS) is 11.3. The van der Waals surface area contributed by atoms with Crippen LogP contribution in [-0.4, -0.2) is 45.9 Å². The quantitative estimate of drug-likeness (QED) is 0.0369. The third-order valence-electron chi connectivity index (χ3n) is 11.1. The van der Waals surface area contributed by atoms with Gasteiger partial charge in [0, 0.05) is 46.3 Å². The van der Waals surface area contributed by atoms with Crippen molar-refractivity contribution < 1.29 is 85.1 Å². The number of nitrogens with zero attached hydrogens (tertiary/aromatic N) is 4. The molecule has 0 bridgehead atoms. The second kappa shape index (κ2) is 23.3. The van der Waals surface area contributed by atoms with Gasteiger partial charge >= 0.3 is 59.1 Å². The molecule has 20 heteroatoms. The summed E-state index contributed by atoms with van der Waals surface area (Å²) in [6.07, 6.45) is 2.50. The standard InChI is InChI=1S/C54H42N10O6S2.2Na/c65-71(66,67)47-31-45(57-51-33-49(55-41-15-3-1-4-16-41)61-53(63-51)59-43-25-21-35-11-7-9-13-39(35)29-43)27-23-37(47)19-20-38-24-28-46(32-48(38)72(68,69)70)58-52-34-50(56-42-17-5-2-6-18-42)62-54(64-52)60-44-26-22-36-12-8-10-14-40(36)30-44;;/h1-34H,(H,65,66,67)(H,68,69,70)(H3,55,57,59,61,63)(H3,56,58,60,62,64);;/q;2*+1/p-2. The number of rotatable bonds is 16. The van der Waals surface area contributed by atoms with Crippen LogP contribution in [0.2, 0.25) is 0 Å². The molecule has 0 atom stereocenters. The zero-order valence-corrected chi connectivity index (χ0v) is 45.3. The largest absolute Gasteiger partial charge is 1.00 e. The third kappa shape index (κ3) is 13.5. The minimum absolute atomic E-state index is 0. The molecule has 0 aliphatic heterocycles. The van der Waals surface area contributed by atoms with Crippen molar-refractivity contribution in [1.82, 2.24) is 19.9 Å². The molecule has 2 aromatic heterocycles. The van der Waals surface area contributed by atoms with Gasteiger partial charge in [-0.1, -0.05) is 121 Å². The summed E-state index contributed by atoms with van der Waals surface area (Å²) in [5.41, 5.74) is 3.22. The van der Waals surface area contributed by atoms with Crippen LogP contribution in [0.25, 0.3) is 33.7 Å². The molecule has 0 aliphatic rings. The maximum absolute atomic E-state index is 12.8. The average molecular weight is 1040 g/mol. The van der Waals surface area contributed by atoms with Crippen LogP contribution in [0.5, 0.6) is 0 Å². The van der Waals surface area contributed by atoms with Gasteiger partial charge in [-0.25, -0.2) is 16.8 Å². The van der Waals surface area contributed by atoms with Crippen molar-refractivity contribution in [1.29, 1.82) is 0 Å². The van der Waals surface area contributed by atoms with E-state index in [9.17, 15) is 25.9 Å². The van der Waals surface area contributed by atoms with Crippen LogP contribution in [0.15, 0.2) is 204 Å². The fraction of sp³-hybridized carbons (Fsp3) is 0. The number of benzene rings is 8. The van der Waals surface area contributed by atoms with Crippen LogP contribution in [0, 0.1) is 0 Å². The summed E-state index contributed by atoms with van der Waals surface area (Å²) >= 11 is 0. The smallest absolute Gasteiger partial charge is 0.744 e. The summed E-state index contributed by atoms with van der Waals surface area (Å²) < 4.78 is 76.7. The molecule has 10 rings (SSSR count). The first kappa shape index (κ1) is 53.1. The van der Waals surface area contributed by atoms with Gasteiger partial charge in [-0.3, -0.25) is 0 Å². The number of nitrogens with one attached hydrogen (secondary N) is 6. The van der Waals surface area contributed by atoms with Crippen LogP contribution >= 0.6 is 0 Å². The zero-order valence-electron chi connectivity index (χ0n) is 39.7. The summed E-state index contributed by atoms with van der Waals surface area (Å²) in [5, 5.41) is 23.3. The molecule has 6 N–H and O–H groups in total. The first-order valence-electron chi connectivity index (χ1n) is 22.2. The fourth-order valence-corrected chi connectivity index (χ4v) is 9.19. The third-order valence-corrected chi connectivity index (χ3v) is 12.9. The molecule has 0 spiro atoms. The summed E-state index contributed by atoms with van der Waals surface area (Å²) in [4.78, 5) is 17.3. The van der Waals surface area contributed by atoms with Gasteiger partial charge in [0.2, 0.25) is 11.9 Å². The van der Waals surface area contributed by atoms with Gasteiger partial charge in [0.25, 0.3) is 0 Å². The van der Waals surface area contributed by atoms with Crippen molar-refractivity contribution in [2.45, 2.75) is 9.79 Å². The van der Waals surface area contributed by atoms with Crippen LogP contribution in [-0.2, 0) is 20.2 Å². The maximum Gasteiger partial charge on any atom is 1.00 e. The Labute approximate surface area is 470 Å². The first-order chi connectivity index (χ1) is 34.8.